The number of hydrogen-bond acceptors (Lipinski definition) is 3. The van der Waals surface area contributed by atoms with Crippen molar-refractivity contribution in [3.05, 3.63) is 59.9 Å². The van der Waals surface area contributed by atoms with Gasteiger partial charge in [0, 0.05) is 44.1 Å². The smallest absolute Gasteiger partial charge is 0.123 e. The lowest BCUT2D eigenvalue weighted by Crippen LogP contribution is -2.45. The minimum Gasteiger partial charge on any atom is -0.399 e. The molecule has 1 aliphatic rings. The second kappa shape index (κ2) is 6.14. The molecule has 1 saturated heterocycles. The molecule has 2 aromatic carbocycles. The molecule has 1 fully saturated rings. The average Bonchev–Trinajstić information content (AvgIpc) is 2.51. The van der Waals surface area contributed by atoms with Crippen molar-refractivity contribution in [2.24, 2.45) is 0 Å². The van der Waals surface area contributed by atoms with Crippen LogP contribution in [0.2, 0.25) is 0 Å². The maximum Gasteiger partial charge on any atom is 0.123 e. The second-order valence-corrected chi connectivity index (χ2v) is 5.48. The Labute approximate surface area is 124 Å². The maximum absolute atomic E-state index is 13.0. The van der Waals surface area contributed by atoms with Gasteiger partial charge in [0.1, 0.15) is 5.82 Å². The van der Waals surface area contributed by atoms with Gasteiger partial charge in [-0.25, -0.2) is 4.39 Å². The molecule has 4 heteroatoms. The van der Waals surface area contributed by atoms with Crippen LogP contribution in [0.25, 0.3) is 0 Å². The number of benzene rings is 2. The van der Waals surface area contributed by atoms with Crippen molar-refractivity contribution in [3.63, 3.8) is 0 Å². The van der Waals surface area contributed by atoms with E-state index in [0.29, 0.717) is 0 Å². The van der Waals surface area contributed by atoms with E-state index in [1.807, 2.05) is 24.3 Å². The molecule has 0 saturated carbocycles. The third kappa shape index (κ3) is 3.52. The first-order valence-corrected chi connectivity index (χ1v) is 7.28. The third-order valence-corrected chi connectivity index (χ3v) is 3.95. The minimum atomic E-state index is -0.180. The van der Waals surface area contributed by atoms with Gasteiger partial charge in [-0.15, -0.1) is 0 Å². The van der Waals surface area contributed by atoms with Crippen LogP contribution in [-0.2, 0) is 6.54 Å². The molecule has 0 amide bonds. The van der Waals surface area contributed by atoms with E-state index in [1.54, 1.807) is 0 Å². The van der Waals surface area contributed by atoms with Gasteiger partial charge in [-0.1, -0.05) is 12.1 Å². The Hall–Kier alpha value is -2.07. The standard InChI is InChI=1S/C17H20FN3/c18-15-3-7-17(8-4-15)21-11-9-20(10-12-21)13-14-1-5-16(19)6-2-14/h1-8H,9-13,19H2. The molecule has 0 aliphatic carbocycles. The molecule has 0 aromatic heterocycles. The summed E-state index contributed by atoms with van der Waals surface area (Å²) >= 11 is 0. The quantitative estimate of drug-likeness (QED) is 0.880. The van der Waals surface area contributed by atoms with Crippen LogP contribution in [0.15, 0.2) is 48.5 Å². The first-order chi connectivity index (χ1) is 10.2. The Morgan fingerprint density at radius 2 is 1.48 bits per heavy atom. The summed E-state index contributed by atoms with van der Waals surface area (Å²) in [5.74, 6) is -0.180. The van der Waals surface area contributed by atoms with E-state index in [0.717, 1.165) is 44.1 Å². The molecule has 0 atom stereocenters. The van der Waals surface area contributed by atoms with Crippen molar-refractivity contribution in [2.75, 3.05) is 36.8 Å². The Morgan fingerprint density at radius 1 is 0.857 bits per heavy atom. The van der Waals surface area contributed by atoms with Crippen molar-refractivity contribution in [2.45, 2.75) is 6.54 Å². The molecule has 0 radical (unpaired) electrons. The minimum absolute atomic E-state index is 0.180. The second-order valence-electron chi connectivity index (χ2n) is 5.48. The number of anilines is 2. The van der Waals surface area contributed by atoms with Crippen LogP contribution in [0, 0.1) is 5.82 Å². The van der Waals surface area contributed by atoms with Crippen LogP contribution in [0.1, 0.15) is 5.56 Å². The number of nitrogens with zero attached hydrogens (tertiary/aromatic N) is 2. The van der Waals surface area contributed by atoms with Gasteiger partial charge >= 0.3 is 0 Å². The molecule has 1 heterocycles. The number of halogens is 1. The zero-order chi connectivity index (χ0) is 14.7. The molecule has 1 aliphatic heterocycles. The Balaban J connectivity index is 1.55. The van der Waals surface area contributed by atoms with Gasteiger partial charge in [0.2, 0.25) is 0 Å². The van der Waals surface area contributed by atoms with E-state index in [4.69, 9.17) is 5.73 Å². The molecular weight excluding hydrogens is 265 g/mol. The molecule has 3 nitrogen and oxygen atoms in total. The van der Waals surface area contributed by atoms with Crippen LogP contribution >= 0.6 is 0 Å². The van der Waals surface area contributed by atoms with E-state index in [-0.39, 0.29) is 5.82 Å². The molecule has 3 rings (SSSR count). The van der Waals surface area contributed by atoms with E-state index in [1.165, 1.54) is 17.7 Å². The molecule has 2 aromatic rings. The summed E-state index contributed by atoms with van der Waals surface area (Å²) in [5.41, 5.74) is 8.90. The average molecular weight is 285 g/mol. The first-order valence-electron chi connectivity index (χ1n) is 7.28. The number of nitrogens with two attached hydrogens (primary N) is 1. The van der Waals surface area contributed by atoms with E-state index < -0.39 is 0 Å². The van der Waals surface area contributed by atoms with Crippen molar-refractivity contribution < 1.29 is 4.39 Å². The van der Waals surface area contributed by atoms with Crippen LogP contribution in [-0.4, -0.2) is 31.1 Å². The molecule has 0 unspecified atom stereocenters. The van der Waals surface area contributed by atoms with Crippen molar-refractivity contribution in [1.29, 1.82) is 0 Å². The largest absolute Gasteiger partial charge is 0.399 e. The summed E-state index contributed by atoms with van der Waals surface area (Å²) in [4.78, 5) is 4.74. The van der Waals surface area contributed by atoms with E-state index >= 15 is 0 Å². The highest BCUT2D eigenvalue weighted by molar-refractivity contribution is 5.46. The number of hydrogen-bond donors (Lipinski definition) is 1. The molecule has 2 N–H and O–H groups in total. The Bertz CT molecular complexity index is 572. The van der Waals surface area contributed by atoms with Crippen LogP contribution in [0.3, 0.4) is 0 Å². The van der Waals surface area contributed by atoms with Gasteiger partial charge < -0.3 is 10.6 Å². The normalized spacial score (nSPS) is 16.1. The predicted molar refractivity (Wildman–Crippen MR) is 84.7 cm³/mol. The molecule has 21 heavy (non-hydrogen) atoms. The fourth-order valence-corrected chi connectivity index (χ4v) is 2.70. The van der Waals surface area contributed by atoms with Gasteiger partial charge in [0.25, 0.3) is 0 Å². The number of piperazine rings is 1. The summed E-state index contributed by atoms with van der Waals surface area (Å²) < 4.78 is 13.0. The highest BCUT2D eigenvalue weighted by atomic mass is 19.1. The summed E-state index contributed by atoms with van der Waals surface area (Å²) in [7, 11) is 0. The van der Waals surface area contributed by atoms with Gasteiger partial charge in [0.15, 0.2) is 0 Å². The molecular formula is C17H20FN3. The maximum atomic E-state index is 13.0. The van der Waals surface area contributed by atoms with Crippen molar-refractivity contribution in [3.8, 4) is 0 Å². The summed E-state index contributed by atoms with van der Waals surface area (Å²) in [6, 6.07) is 14.8. The van der Waals surface area contributed by atoms with Crippen molar-refractivity contribution >= 4 is 11.4 Å². The van der Waals surface area contributed by atoms with Crippen LogP contribution in [0.5, 0.6) is 0 Å². The SMILES string of the molecule is Nc1ccc(CN2CCN(c3ccc(F)cc3)CC2)cc1. The summed E-state index contributed by atoms with van der Waals surface area (Å²) in [6.45, 7) is 4.93. The van der Waals surface area contributed by atoms with Gasteiger partial charge in [-0.3, -0.25) is 4.90 Å². The third-order valence-electron chi connectivity index (χ3n) is 3.95. The van der Waals surface area contributed by atoms with Crippen LogP contribution < -0.4 is 10.6 Å². The number of nitrogen functional groups attached to an aromatic ring is 1. The summed E-state index contributed by atoms with van der Waals surface area (Å²) in [6.07, 6.45) is 0. The lowest BCUT2D eigenvalue weighted by Gasteiger charge is -2.36. The van der Waals surface area contributed by atoms with Gasteiger partial charge in [-0.2, -0.15) is 0 Å². The highest BCUT2D eigenvalue weighted by Crippen LogP contribution is 2.18. The lowest BCUT2D eigenvalue weighted by atomic mass is 10.1. The van der Waals surface area contributed by atoms with Crippen LogP contribution in [0.4, 0.5) is 15.8 Å². The van der Waals surface area contributed by atoms with E-state index in [9.17, 15) is 4.39 Å². The fourth-order valence-electron chi connectivity index (χ4n) is 2.70. The molecule has 110 valence electrons. The Kier molecular flexibility index (Phi) is 4.06. The lowest BCUT2D eigenvalue weighted by molar-refractivity contribution is 0.250. The van der Waals surface area contributed by atoms with Gasteiger partial charge in [0.05, 0.1) is 0 Å². The summed E-state index contributed by atoms with van der Waals surface area (Å²) in [5, 5.41) is 0. The first kappa shape index (κ1) is 13.9. The zero-order valence-corrected chi connectivity index (χ0v) is 12.0. The topological polar surface area (TPSA) is 32.5 Å². The Morgan fingerprint density at radius 3 is 2.10 bits per heavy atom. The van der Waals surface area contributed by atoms with Gasteiger partial charge in [-0.05, 0) is 42.0 Å². The predicted octanol–water partition coefficient (Wildman–Crippen LogP) is 2.73. The van der Waals surface area contributed by atoms with E-state index in [2.05, 4.69) is 21.9 Å². The fraction of sp³-hybridized carbons (Fsp3) is 0.294. The highest BCUT2D eigenvalue weighted by Gasteiger charge is 2.17. The van der Waals surface area contributed by atoms with Crippen molar-refractivity contribution in [1.82, 2.24) is 4.90 Å². The zero-order valence-electron chi connectivity index (χ0n) is 12.0. The number of rotatable bonds is 3. The molecule has 0 bridgehead atoms. The molecule has 0 spiro atoms. The monoisotopic (exact) mass is 285 g/mol.